The number of likely N-dealkylation sites (tertiary alicyclic amines) is 1. The number of aromatic nitrogens is 2. The Labute approximate surface area is 301 Å². The maximum Gasteiger partial charge on any atom is 0.410 e. The number of nitrogens with zero attached hydrogens (tertiary/aromatic N) is 4. The van der Waals surface area contributed by atoms with Crippen LogP contribution < -0.4 is 9.64 Å². The van der Waals surface area contributed by atoms with Gasteiger partial charge in [0.1, 0.15) is 29.6 Å². The van der Waals surface area contributed by atoms with E-state index in [9.17, 15) is 14.7 Å². The number of methoxy groups -OCH3 is 1. The molecule has 1 aromatic carbocycles. The molecular formula is C41H54N4O6. The molecule has 4 saturated carbocycles. The summed E-state index contributed by atoms with van der Waals surface area (Å²) in [7, 11) is 1.73. The van der Waals surface area contributed by atoms with Gasteiger partial charge in [0.05, 0.1) is 25.8 Å². The highest BCUT2D eigenvalue weighted by Gasteiger charge is 2.51. The Morgan fingerprint density at radius 1 is 1.02 bits per heavy atom. The third-order valence-corrected chi connectivity index (χ3v) is 12.2. The van der Waals surface area contributed by atoms with Crippen LogP contribution in [0.5, 0.6) is 5.75 Å². The van der Waals surface area contributed by atoms with Gasteiger partial charge in [-0.15, -0.1) is 0 Å². The van der Waals surface area contributed by atoms with Crippen LogP contribution in [0.15, 0.2) is 47.2 Å². The summed E-state index contributed by atoms with van der Waals surface area (Å²) in [5, 5.41) is 10.0. The lowest BCUT2D eigenvalue weighted by molar-refractivity contribution is -0.125. The molecule has 0 atom stereocenters. The van der Waals surface area contributed by atoms with Gasteiger partial charge in [0, 0.05) is 29.6 Å². The lowest BCUT2D eigenvalue weighted by atomic mass is 9.51. The van der Waals surface area contributed by atoms with Crippen LogP contribution in [-0.2, 0) is 20.4 Å². The van der Waals surface area contributed by atoms with Gasteiger partial charge in [-0.25, -0.2) is 14.8 Å². The summed E-state index contributed by atoms with van der Waals surface area (Å²) in [6.07, 6.45) is 11.9. The average molecular weight is 699 g/mol. The fourth-order valence-corrected chi connectivity index (χ4v) is 9.00. The third kappa shape index (κ3) is 7.13. The summed E-state index contributed by atoms with van der Waals surface area (Å²) in [6.45, 7) is 11.3. The second kappa shape index (κ2) is 13.2. The zero-order valence-electron chi connectivity index (χ0n) is 31.2. The summed E-state index contributed by atoms with van der Waals surface area (Å²) in [4.78, 5) is 40.4. The number of hydrogen-bond donors (Lipinski definition) is 1. The van der Waals surface area contributed by atoms with E-state index in [1.807, 2.05) is 17.0 Å². The Kier molecular flexibility index (Phi) is 9.22. The number of amides is 2. The first-order chi connectivity index (χ1) is 24.2. The van der Waals surface area contributed by atoms with Gasteiger partial charge in [-0.3, -0.25) is 9.69 Å². The minimum absolute atomic E-state index is 0.0229. The zero-order chi connectivity index (χ0) is 36.2. The Balaban J connectivity index is 1.10. The van der Waals surface area contributed by atoms with Gasteiger partial charge in [0.15, 0.2) is 5.89 Å². The number of benzene rings is 1. The van der Waals surface area contributed by atoms with E-state index in [4.69, 9.17) is 23.9 Å². The molecule has 274 valence electrons. The van der Waals surface area contributed by atoms with Crippen LogP contribution in [0.2, 0.25) is 0 Å². The van der Waals surface area contributed by atoms with E-state index in [0.29, 0.717) is 43.9 Å². The Hall–Kier alpha value is -3.92. The smallest absolute Gasteiger partial charge is 0.410 e. The monoisotopic (exact) mass is 698 g/mol. The summed E-state index contributed by atoms with van der Waals surface area (Å²) < 4.78 is 17.2. The van der Waals surface area contributed by atoms with E-state index < -0.39 is 5.60 Å². The standard InChI is InChI=1S/C41H54N4O6/c1-27-21-30(9-12-33(27)49-6)41-17-14-40(15-18-41,16-19-41)26-45(34-22-29(13-20-42-34)32-23-50-36(43-32)38(2,3)4)35(46)28-7-10-31(11-8-28)51-37(47)44-24-39(5,48)25-44/h9,12-13,20-23,28,31,48H,7-8,10-11,14-19,24-26H2,1-6H3. The van der Waals surface area contributed by atoms with Gasteiger partial charge in [0.2, 0.25) is 5.91 Å². The van der Waals surface area contributed by atoms with Gasteiger partial charge < -0.3 is 23.9 Å². The first-order valence-corrected chi connectivity index (χ1v) is 18.8. The van der Waals surface area contributed by atoms with E-state index >= 15 is 0 Å². The molecule has 3 heterocycles. The number of fused-ring (bicyclic) bond motifs is 3. The maximum absolute atomic E-state index is 14.7. The van der Waals surface area contributed by atoms with Crippen molar-refractivity contribution >= 4 is 17.8 Å². The lowest BCUT2D eigenvalue weighted by Gasteiger charge is -2.55. The van der Waals surface area contributed by atoms with Crippen molar-refractivity contribution in [1.29, 1.82) is 0 Å². The normalized spacial score (nSPS) is 27.1. The SMILES string of the molecule is COc1ccc(C23CCC(CN(C(=O)C4CCC(OC(=O)N5CC(C)(O)C5)CC4)c4cc(-c5coc(C(C)(C)C)n5)ccn4)(CC2)CC3)cc1C. The van der Waals surface area contributed by atoms with Crippen LogP contribution in [-0.4, -0.2) is 70.4 Å². The van der Waals surface area contributed by atoms with Gasteiger partial charge in [-0.05, 0) is 118 Å². The largest absolute Gasteiger partial charge is 0.496 e. The molecule has 2 aromatic heterocycles. The van der Waals surface area contributed by atoms with Crippen molar-refractivity contribution in [3.05, 3.63) is 59.8 Å². The number of β-amino-alcohol motifs (C(OH)–C–C–N with tert-alkyl or cyclic N) is 1. The van der Waals surface area contributed by atoms with E-state index in [1.165, 1.54) is 16.0 Å². The van der Waals surface area contributed by atoms with Crippen LogP contribution in [0.4, 0.5) is 10.6 Å². The topological polar surface area (TPSA) is 118 Å². The number of ether oxygens (including phenoxy) is 2. The first kappa shape index (κ1) is 35.5. The predicted molar refractivity (Wildman–Crippen MR) is 195 cm³/mol. The van der Waals surface area contributed by atoms with Crippen molar-refractivity contribution in [2.24, 2.45) is 11.3 Å². The van der Waals surface area contributed by atoms with Crippen LogP contribution in [0.25, 0.3) is 11.3 Å². The molecule has 0 spiro atoms. The number of carbonyl (C=O) groups excluding carboxylic acids is 2. The van der Waals surface area contributed by atoms with E-state index in [0.717, 1.165) is 55.5 Å². The van der Waals surface area contributed by atoms with Crippen molar-refractivity contribution in [2.45, 2.75) is 121 Å². The first-order valence-electron chi connectivity index (χ1n) is 18.8. The molecule has 0 radical (unpaired) electrons. The summed E-state index contributed by atoms with van der Waals surface area (Å²) in [5.74, 6) is 2.16. The summed E-state index contributed by atoms with van der Waals surface area (Å²) in [5.41, 5.74) is 3.32. The summed E-state index contributed by atoms with van der Waals surface area (Å²) >= 11 is 0. The molecule has 8 rings (SSSR count). The van der Waals surface area contributed by atoms with Crippen molar-refractivity contribution in [3.63, 3.8) is 0 Å². The lowest BCUT2D eigenvalue weighted by Crippen LogP contribution is -2.62. The molecule has 2 amide bonds. The third-order valence-electron chi connectivity index (χ3n) is 12.2. The minimum Gasteiger partial charge on any atom is -0.496 e. The van der Waals surface area contributed by atoms with Crippen LogP contribution >= 0.6 is 0 Å². The molecule has 2 bridgehead atoms. The van der Waals surface area contributed by atoms with Gasteiger partial charge in [-0.2, -0.15) is 0 Å². The van der Waals surface area contributed by atoms with Gasteiger partial charge >= 0.3 is 6.09 Å². The van der Waals surface area contributed by atoms with Gasteiger partial charge in [-0.1, -0.05) is 32.9 Å². The number of pyridine rings is 1. The van der Waals surface area contributed by atoms with Crippen LogP contribution in [0.1, 0.15) is 109 Å². The predicted octanol–water partition coefficient (Wildman–Crippen LogP) is 7.74. The molecule has 1 N–H and O–H groups in total. The molecule has 51 heavy (non-hydrogen) atoms. The van der Waals surface area contributed by atoms with Crippen LogP contribution in [0.3, 0.4) is 0 Å². The highest BCUT2D eigenvalue weighted by molar-refractivity contribution is 5.95. The quantitative estimate of drug-likeness (QED) is 0.254. The van der Waals surface area contributed by atoms with Crippen molar-refractivity contribution in [3.8, 4) is 17.0 Å². The zero-order valence-corrected chi connectivity index (χ0v) is 31.2. The van der Waals surface area contributed by atoms with E-state index in [2.05, 4.69) is 45.9 Å². The summed E-state index contributed by atoms with van der Waals surface area (Å²) in [6, 6.07) is 10.6. The molecule has 1 saturated heterocycles. The van der Waals surface area contributed by atoms with Crippen molar-refractivity contribution < 1.29 is 28.6 Å². The molecule has 10 heteroatoms. The molecule has 5 aliphatic rings. The molecule has 4 aliphatic carbocycles. The Bertz CT molecular complexity index is 1730. The highest BCUT2D eigenvalue weighted by atomic mass is 16.6. The minimum atomic E-state index is -0.840. The number of aryl methyl sites for hydroxylation is 1. The molecule has 10 nitrogen and oxygen atoms in total. The molecule has 1 aliphatic heterocycles. The van der Waals surface area contributed by atoms with Gasteiger partial charge in [0.25, 0.3) is 0 Å². The number of oxazole rings is 1. The second-order valence-electron chi connectivity index (χ2n) is 17.3. The van der Waals surface area contributed by atoms with Crippen LogP contribution in [0, 0.1) is 18.3 Å². The van der Waals surface area contributed by atoms with Crippen molar-refractivity contribution in [2.75, 3.05) is 31.6 Å². The number of hydrogen-bond acceptors (Lipinski definition) is 8. The molecule has 3 aromatic rings. The molecule has 0 unspecified atom stereocenters. The Morgan fingerprint density at radius 2 is 1.71 bits per heavy atom. The van der Waals surface area contributed by atoms with E-state index in [-0.39, 0.29) is 53.4 Å². The number of carbonyl (C=O) groups is 2. The number of anilines is 1. The van der Waals surface area contributed by atoms with E-state index in [1.54, 1.807) is 26.5 Å². The average Bonchev–Trinajstić information content (AvgIpc) is 3.62. The maximum atomic E-state index is 14.7. The highest BCUT2D eigenvalue weighted by Crippen LogP contribution is 2.58. The second-order valence-corrected chi connectivity index (χ2v) is 17.3. The number of aliphatic hydroxyl groups is 1. The molecule has 5 fully saturated rings. The molecular weight excluding hydrogens is 644 g/mol. The Morgan fingerprint density at radius 3 is 2.29 bits per heavy atom. The van der Waals surface area contributed by atoms with Crippen molar-refractivity contribution in [1.82, 2.24) is 14.9 Å². The fraction of sp³-hybridized carbons (Fsp3) is 0.610. The number of rotatable bonds is 8. The fourth-order valence-electron chi connectivity index (χ4n) is 9.00.